The van der Waals surface area contributed by atoms with Crippen LogP contribution in [0.1, 0.15) is 32.3 Å². The zero-order valence-corrected chi connectivity index (χ0v) is 11.9. The Morgan fingerprint density at radius 2 is 1.85 bits per heavy atom. The molecule has 0 saturated carbocycles. The minimum atomic E-state index is -0.319. The molecular weight excluding hydrogens is 261 g/mol. The number of benzene rings is 1. The number of esters is 1. The standard InChI is InChI=1S/C15H20FNO3/c1-3-14(18)17(10-9-15(19)20-4-2)11-12-5-7-13(16)8-6-12/h5-8H,3-4,9-11H2,1-2H3. The smallest absolute Gasteiger partial charge is 0.307 e. The fourth-order valence-corrected chi connectivity index (χ4v) is 1.79. The summed E-state index contributed by atoms with van der Waals surface area (Å²) < 4.78 is 17.7. The highest BCUT2D eigenvalue weighted by molar-refractivity contribution is 5.77. The molecule has 0 fully saturated rings. The highest BCUT2D eigenvalue weighted by Crippen LogP contribution is 2.09. The zero-order valence-electron chi connectivity index (χ0n) is 11.9. The summed E-state index contributed by atoms with van der Waals surface area (Å²) >= 11 is 0. The average molecular weight is 281 g/mol. The first-order valence-electron chi connectivity index (χ1n) is 6.74. The normalized spacial score (nSPS) is 10.2. The number of rotatable bonds is 7. The maximum atomic E-state index is 12.8. The van der Waals surface area contributed by atoms with Gasteiger partial charge in [0.1, 0.15) is 5.82 Å². The van der Waals surface area contributed by atoms with E-state index in [9.17, 15) is 14.0 Å². The molecule has 5 heteroatoms. The third kappa shape index (κ3) is 5.38. The molecule has 1 rings (SSSR count). The topological polar surface area (TPSA) is 46.6 Å². The third-order valence-electron chi connectivity index (χ3n) is 2.83. The van der Waals surface area contributed by atoms with E-state index < -0.39 is 0 Å². The number of hydrogen-bond donors (Lipinski definition) is 0. The molecule has 20 heavy (non-hydrogen) atoms. The van der Waals surface area contributed by atoms with Crippen LogP contribution in [0.3, 0.4) is 0 Å². The first-order valence-corrected chi connectivity index (χ1v) is 6.74. The lowest BCUT2D eigenvalue weighted by molar-refractivity contribution is -0.144. The number of hydrogen-bond acceptors (Lipinski definition) is 3. The molecule has 0 spiro atoms. The molecule has 0 bridgehead atoms. The van der Waals surface area contributed by atoms with Gasteiger partial charge < -0.3 is 9.64 Å². The molecule has 0 N–H and O–H groups in total. The lowest BCUT2D eigenvalue weighted by Gasteiger charge is -2.22. The summed E-state index contributed by atoms with van der Waals surface area (Å²) in [4.78, 5) is 24.8. The Bertz CT molecular complexity index is 445. The fourth-order valence-electron chi connectivity index (χ4n) is 1.79. The van der Waals surface area contributed by atoms with Crippen LogP contribution in [0.5, 0.6) is 0 Å². The van der Waals surface area contributed by atoms with Gasteiger partial charge in [-0.25, -0.2) is 4.39 Å². The van der Waals surface area contributed by atoms with Crippen molar-refractivity contribution in [3.63, 3.8) is 0 Å². The van der Waals surface area contributed by atoms with Gasteiger partial charge in [0.25, 0.3) is 0 Å². The summed E-state index contributed by atoms with van der Waals surface area (Å²) in [5.41, 5.74) is 0.831. The van der Waals surface area contributed by atoms with Gasteiger partial charge in [-0.1, -0.05) is 19.1 Å². The molecule has 1 aromatic carbocycles. The van der Waals surface area contributed by atoms with Crippen molar-refractivity contribution in [3.05, 3.63) is 35.6 Å². The van der Waals surface area contributed by atoms with Crippen LogP contribution in [0.4, 0.5) is 4.39 Å². The van der Waals surface area contributed by atoms with Crippen LogP contribution >= 0.6 is 0 Å². The number of halogens is 1. The quantitative estimate of drug-likeness (QED) is 0.721. The van der Waals surface area contributed by atoms with E-state index in [1.54, 1.807) is 30.9 Å². The van der Waals surface area contributed by atoms with Gasteiger partial charge >= 0.3 is 5.97 Å². The predicted octanol–water partition coefficient (Wildman–Crippen LogP) is 2.52. The van der Waals surface area contributed by atoms with Crippen molar-refractivity contribution in [1.29, 1.82) is 0 Å². The Hall–Kier alpha value is -1.91. The molecule has 1 amide bonds. The van der Waals surface area contributed by atoms with Gasteiger partial charge in [-0.15, -0.1) is 0 Å². The molecule has 0 unspecified atom stereocenters. The molecule has 0 saturated heterocycles. The molecule has 0 aromatic heterocycles. The van der Waals surface area contributed by atoms with E-state index in [1.165, 1.54) is 12.1 Å². The number of ether oxygens (including phenoxy) is 1. The number of nitrogens with zero attached hydrogens (tertiary/aromatic N) is 1. The first kappa shape index (κ1) is 16.1. The summed E-state index contributed by atoms with van der Waals surface area (Å²) in [6.07, 6.45) is 0.533. The molecule has 0 aliphatic heterocycles. The third-order valence-corrected chi connectivity index (χ3v) is 2.83. The van der Waals surface area contributed by atoms with Crippen LogP contribution in [-0.2, 0) is 20.9 Å². The van der Waals surface area contributed by atoms with E-state index in [2.05, 4.69) is 0 Å². The van der Waals surface area contributed by atoms with Crippen molar-refractivity contribution in [2.75, 3.05) is 13.2 Å². The van der Waals surface area contributed by atoms with Crippen molar-refractivity contribution < 1.29 is 18.7 Å². The monoisotopic (exact) mass is 281 g/mol. The summed E-state index contributed by atoms with van der Waals surface area (Å²) in [5, 5.41) is 0. The molecule has 0 heterocycles. The molecule has 0 aliphatic rings. The van der Waals surface area contributed by atoms with E-state index in [1.807, 2.05) is 0 Å². The Kier molecular flexibility index (Phi) is 6.70. The first-order chi connectivity index (χ1) is 9.56. The highest BCUT2D eigenvalue weighted by atomic mass is 19.1. The summed E-state index contributed by atoms with van der Waals surface area (Å²) in [6.45, 7) is 4.52. The summed E-state index contributed by atoms with van der Waals surface area (Å²) in [5.74, 6) is -0.673. The number of carbonyl (C=O) groups is 2. The van der Waals surface area contributed by atoms with E-state index in [0.29, 0.717) is 26.1 Å². The molecule has 1 aromatic rings. The largest absolute Gasteiger partial charge is 0.466 e. The van der Waals surface area contributed by atoms with E-state index >= 15 is 0 Å². The van der Waals surface area contributed by atoms with Crippen LogP contribution < -0.4 is 0 Å². The fraction of sp³-hybridized carbons (Fsp3) is 0.467. The minimum absolute atomic E-state index is 0.0429. The maximum Gasteiger partial charge on any atom is 0.307 e. The second kappa shape index (κ2) is 8.30. The van der Waals surface area contributed by atoms with E-state index in [0.717, 1.165) is 5.56 Å². The molecule has 0 atom stereocenters. The van der Waals surface area contributed by atoms with Crippen LogP contribution in [0, 0.1) is 5.82 Å². The van der Waals surface area contributed by atoms with Crippen LogP contribution in [-0.4, -0.2) is 29.9 Å². The predicted molar refractivity (Wildman–Crippen MR) is 73.4 cm³/mol. The molecule has 0 aliphatic carbocycles. The van der Waals surface area contributed by atoms with Gasteiger partial charge in [0.15, 0.2) is 0 Å². The average Bonchev–Trinajstić information content (AvgIpc) is 2.45. The van der Waals surface area contributed by atoms with Gasteiger partial charge in [0.05, 0.1) is 13.0 Å². The van der Waals surface area contributed by atoms with Crippen molar-refractivity contribution >= 4 is 11.9 Å². The van der Waals surface area contributed by atoms with E-state index in [4.69, 9.17) is 4.74 Å². The van der Waals surface area contributed by atoms with Gasteiger partial charge in [0, 0.05) is 19.5 Å². The molecule has 110 valence electrons. The molecule has 4 nitrogen and oxygen atoms in total. The van der Waals surface area contributed by atoms with Crippen LogP contribution in [0.25, 0.3) is 0 Å². The van der Waals surface area contributed by atoms with Gasteiger partial charge in [-0.2, -0.15) is 0 Å². The lowest BCUT2D eigenvalue weighted by Crippen LogP contribution is -2.32. The van der Waals surface area contributed by atoms with Crippen LogP contribution in [0.2, 0.25) is 0 Å². The van der Waals surface area contributed by atoms with Gasteiger partial charge in [-0.3, -0.25) is 9.59 Å². The molecular formula is C15H20FNO3. The Morgan fingerprint density at radius 1 is 1.20 bits per heavy atom. The lowest BCUT2D eigenvalue weighted by atomic mass is 10.2. The number of amides is 1. The number of carbonyl (C=O) groups excluding carboxylic acids is 2. The minimum Gasteiger partial charge on any atom is -0.466 e. The maximum absolute atomic E-state index is 12.8. The van der Waals surface area contributed by atoms with Gasteiger partial charge in [0.2, 0.25) is 5.91 Å². The molecule has 0 radical (unpaired) electrons. The Labute approximate surface area is 118 Å². The van der Waals surface area contributed by atoms with E-state index in [-0.39, 0.29) is 24.1 Å². The second-order valence-corrected chi connectivity index (χ2v) is 4.35. The van der Waals surface area contributed by atoms with Crippen molar-refractivity contribution in [2.24, 2.45) is 0 Å². The summed E-state index contributed by atoms with van der Waals surface area (Å²) in [6, 6.07) is 5.98. The SMILES string of the molecule is CCOC(=O)CCN(Cc1ccc(F)cc1)C(=O)CC. The van der Waals surface area contributed by atoms with Crippen LogP contribution in [0.15, 0.2) is 24.3 Å². The van der Waals surface area contributed by atoms with Crippen molar-refractivity contribution in [1.82, 2.24) is 4.90 Å². The Balaban J connectivity index is 2.62. The summed E-state index contributed by atoms with van der Waals surface area (Å²) in [7, 11) is 0. The van der Waals surface area contributed by atoms with Crippen molar-refractivity contribution in [3.8, 4) is 0 Å². The zero-order chi connectivity index (χ0) is 15.0. The van der Waals surface area contributed by atoms with Gasteiger partial charge in [-0.05, 0) is 24.6 Å². The van der Waals surface area contributed by atoms with Crippen molar-refractivity contribution in [2.45, 2.75) is 33.2 Å². The highest BCUT2D eigenvalue weighted by Gasteiger charge is 2.14. The second-order valence-electron chi connectivity index (χ2n) is 4.35. The Morgan fingerprint density at radius 3 is 2.40 bits per heavy atom.